The molecule has 0 saturated carbocycles. The van der Waals surface area contributed by atoms with E-state index in [1.54, 1.807) is 27.9 Å². The van der Waals surface area contributed by atoms with Crippen molar-refractivity contribution in [3.8, 4) is 0 Å². The number of aromatic amines is 1. The number of hydrogen-bond donors (Lipinski definition) is 3. The Kier molecular flexibility index (Phi) is 6.33. The second kappa shape index (κ2) is 7.35. The summed E-state index contributed by atoms with van der Waals surface area (Å²) < 4.78 is 32.9. The summed E-state index contributed by atoms with van der Waals surface area (Å²) in [5.41, 5.74) is 0.344. The lowest BCUT2D eigenvalue weighted by molar-refractivity contribution is 0.141. The number of hydrogen-bond acceptors (Lipinski definition) is 5. The highest BCUT2D eigenvalue weighted by molar-refractivity contribution is 7.89. The highest BCUT2D eigenvalue weighted by atomic mass is 32.2. The van der Waals surface area contributed by atoms with Crippen LogP contribution in [0, 0.1) is 6.92 Å². The molecule has 0 aliphatic heterocycles. The molecule has 21 heavy (non-hydrogen) atoms. The van der Waals surface area contributed by atoms with Gasteiger partial charge in [0.1, 0.15) is 4.90 Å². The molecule has 0 radical (unpaired) electrons. The van der Waals surface area contributed by atoms with Crippen molar-refractivity contribution in [2.24, 2.45) is 0 Å². The summed E-state index contributed by atoms with van der Waals surface area (Å²) in [4.78, 5) is 0.218. The number of H-pyrrole nitrogens is 1. The maximum atomic E-state index is 12.6. The maximum Gasteiger partial charge on any atom is 0.244 e. The minimum Gasteiger partial charge on any atom is -0.383 e. The average molecular weight is 318 g/mol. The first kappa shape index (κ1) is 18.1. The molecule has 1 rings (SSSR count). The number of methoxy groups -OCH3 is 1. The van der Waals surface area contributed by atoms with Crippen LogP contribution in [-0.2, 0) is 21.3 Å². The van der Waals surface area contributed by atoms with Gasteiger partial charge in [0.25, 0.3) is 0 Å². The molecule has 1 aromatic rings. The second-order valence-corrected chi connectivity index (χ2v) is 7.34. The van der Waals surface area contributed by atoms with Gasteiger partial charge in [-0.15, -0.1) is 0 Å². The Morgan fingerprint density at radius 2 is 2.05 bits per heavy atom. The van der Waals surface area contributed by atoms with E-state index >= 15 is 0 Å². The van der Waals surface area contributed by atoms with Crippen LogP contribution in [0.5, 0.6) is 0 Å². The third-order valence-electron chi connectivity index (χ3n) is 2.87. The summed E-state index contributed by atoms with van der Waals surface area (Å²) >= 11 is 0. The molecule has 8 heteroatoms. The van der Waals surface area contributed by atoms with Crippen LogP contribution in [0.25, 0.3) is 0 Å². The molecule has 0 amide bonds. The normalized spacial score (nSPS) is 12.8. The number of aromatic nitrogens is 2. The van der Waals surface area contributed by atoms with Gasteiger partial charge in [-0.2, -0.15) is 5.10 Å². The smallest absolute Gasteiger partial charge is 0.244 e. The van der Waals surface area contributed by atoms with Gasteiger partial charge in [-0.25, -0.2) is 13.1 Å². The summed E-state index contributed by atoms with van der Waals surface area (Å²) in [6, 6.07) is 0. The number of nitrogens with one attached hydrogen (secondary N) is 3. The van der Waals surface area contributed by atoms with Gasteiger partial charge < -0.3 is 10.1 Å². The van der Waals surface area contributed by atoms with Crippen LogP contribution in [0.3, 0.4) is 0 Å². The van der Waals surface area contributed by atoms with Crippen molar-refractivity contribution in [3.63, 3.8) is 0 Å². The lowest BCUT2D eigenvalue weighted by Crippen LogP contribution is -2.47. The van der Waals surface area contributed by atoms with Gasteiger partial charge in [-0.1, -0.05) is 6.92 Å². The molecular weight excluding hydrogens is 292 g/mol. The minimum absolute atomic E-state index is 0.218. The second-order valence-electron chi connectivity index (χ2n) is 5.72. The van der Waals surface area contributed by atoms with E-state index in [2.05, 4.69) is 27.2 Å². The van der Waals surface area contributed by atoms with E-state index in [9.17, 15) is 8.42 Å². The Labute approximate surface area is 126 Å². The molecule has 0 aromatic carbocycles. The van der Waals surface area contributed by atoms with E-state index in [0.717, 1.165) is 13.0 Å². The Balaban J connectivity index is 2.99. The molecule has 1 aromatic heterocycles. The quantitative estimate of drug-likeness (QED) is 0.588. The predicted octanol–water partition coefficient (Wildman–Crippen LogP) is 0.921. The van der Waals surface area contributed by atoms with Crippen molar-refractivity contribution in [3.05, 3.63) is 11.4 Å². The topological polar surface area (TPSA) is 96.1 Å². The van der Waals surface area contributed by atoms with Crippen LogP contribution in [0.4, 0.5) is 0 Å². The number of sulfonamides is 1. The molecule has 0 fully saturated rings. The summed E-state index contributed by atoms with van der Waals surface area (Å²) in [6.45, 7) is 8.82. The molecular formula is C13H26N4O3S. The van der Waals surface area contributed by atoms with Crippen LogP contribution in [-0.4, -0.2) is 44.4 Å². The zero-order valence-electron chi connectivity index (χ0n) is 13.4. The molecule has 0 bridgehead atoms. The molecule has 0 spiro atoms. The number of rotatable bonds is 9. The van der Waals surface area contributed by atoms with E-state index in [4.69, 9.17) is 4.74 Å². The third kappa shape index (κ3) is 5.06. The Hall–Kier alpha value is -0.960. The van der Waals surface area contributed by atoms with E-state index in [-0.39, 0.29) is 11.5 Å². The summed E-state index contributed by atoms with van der Waals surface area (Å²) in [5, 5.41) is 10.0. The van der Waals surface area contributed by atoms with Gasteiger partial charge in [-0.3, -0.25) is 5.10 Å². The SMILES string of the molecule is CCCNCc1n[nH]c(C)c1S(=O)(=O)NC(C)(C)COC. The van der Waals surface area contributed by atoms with Crippen LogP contribution in [0.1, 0.15) is 38.6 Å². The van der Waals surface area contributed by atoms with Crippen molar-refractivity contribution in [2.75, 3.05) is 20.3 Å². The molecule has 0 unspecified atom stereocenters. The molecule has 0 aliphatic carbocycles. The van der Waals surface area contributed by atoms with Crippen LogP contribution < -0.4 is 10.0 Å². The fourth-order valence-corrected chi connectivity index (χ4v) is 3.90. The third-order valence-corrected chi connectivity index (χ3v) is 4.77. The monoisotopic (exact) mass is 318 g/mol. The van der Waals surface area contributed by atoms with E-state index in [1.807, 2.05) is 0 Å². The van der Waals surface area contributed by atoms with E-state index in [1.165, 1.54) is 0 Å². The lowest BCUT2D eigenvalue weighted by atomic mass is 10.1. The van der Waals surface area contributed by atoms with E-state index in [0.29, 0.717) is 17.9 Å². The Morgan fingerprint density at radius 1 is 1.38 bits per heavy atom. The fraction of sp³-hybridized carbons (Fsp3) is 0.769. The predicted molar refractivity (Wildman–Crippen MR) is 81.6 cm³/mol. The van der Waals surface area contributed by atoms with Gasteiger partial charge in [-0.05, 0) is 33.7 Å². The number of nitrogens with zero attached hydrogens (tertiary/aromatic N) is 1. The van der Waals surface area contributed by atoms with Crippen molar-refractivity contribution in [1.29, 1.82) is 0 Å². The first-order valence-electron chi connectivity index (χ1n) is 7.01. The molecule has 1 heterocycles. The Morgan fingerprint density at radius 3 is 2.62 bits per heavy atom. The highest BCUT2D eigenvalue weighted by Crippen LogP contribution is 2.19. The molecule has 0 atom stereocenters. The Bertz CT molecular complexity index is 552. The van der Waals surface area contributed by atoms with Crippen molar-refractivity contribution >= 4 is 10.0 Å². The zero-order valence-corrected chi connectivity index (χ0v) is 14.2. The van der Waals surface area contributed by atoms with Gasteiger partial charge in [0.05, 0.1) is 23.5 Å². The van der Waals surface area contributed by atoms with Crippen molar-refractivity contribution in [2.45, 2.75) is 51.1 Å². The molecule has 0 saturated heterocycles. The van der Waals surface area contributed by atoms with Crippen LogP contribution >= 0.6 is 0 Å². The summed E-state index contributed by atoms with van der Waals surface area (Å²) in [6.07, 6.45) is 0.977. The molecule has 0 aliphatic rings. The van der Waals surface area contributed by atoms with Crippen molar-refractivity contribution in [1.82, 2.24) is 20.2 Å². The zero-order chi connectivity index (χ0) is 16.1. The maximum absolute atomic E-state index is 12.6. The molecule has 3 N–H and O–H groups in total. The summed E-state index contributed by atoms with van der Waals surface area (Å²) in [7, 11) is -2.12. The van der Waals surface area contributed by atoms with Crippen LogP contribution in [0.15, 0.2) is 4.90 Å². The molecule has 7 nitrogen and oxygen atoms in total. The van der Waals surface area contributed by atoms with Gasteiger partial charge in [0.15, 0.2) is 0 Å². The number of aryl methyl sites for hydroxylation is 1. The average Bonchev–Trinajstić information content (AvgIpc) is 2.70. The van der Waals surface area contributed by atoms with Crippen LogP contribution in [0.2, 0.25) is 0 Å². The lowest BCUT2D eigenvalue weighted by Gasteiger charge is -2.25. The minimum atomic E-state index is -3.66. The summed E-state index contributed by atoms with van der Waals surface area (Å²) in [5.74, 6) is 0. The van der Waals surface area contributed by atoms with Gasteiger partial charge >= 0.3 is 0 Å². The highest BCUT2D eigenvalue weighted by Gasteiger charge is 2.30. The number of ether oxygens (including phenoxy) is 1. The van der Waals surface area contributed by atoms with Crippen molar-refractivity contribution < 1.29 is 13.2 Å². The first-order valence-corrected chi connectivity index (χ1v) is 8.49. The standard InChI is InChI=1S/C13H26N4O3S/c1-6-7-14-8-11-12(10(2)15-16-11)21(18,19)17-13(3,4)9-20-5/h14,17H,6-9H2,1-5H3,(H,15,16). The van der Waals surface area contributed by atoms with E-state index < -0.39 is 15.6 Å². The van der Waals surface area contributed by atoms with Gasteiger partial charge in [0.2, 0.25) is 10.0 Å². The fourth-order valence-electron chi connectivity index (χ4n) is 2.13. The first-order chi connectivity index (χ1) is 9.73. The molecule has 122 valence electrons. The van der Waals surface area contributed by atoms with Gasteiger partial charge in [0, 0.05) is 13.7 Å². The largest absolute Gasteiger partial charge is 0.383 e.